The van der Waals surface area contributed by atoms with Gasteiger partial charge in [-0.25, -0.2) is 0 Å². The summed E-state index contributed by atoms with van der Waals surface area (Å²) in [5.74, 6) is -0.734. The maximum Gasteiger partial charge on any atom is 0.320 e. The van der Waals surface area contributed by atoms with Crippen molar-refractivity contribution in [3.8, 4) is 0 Å². The predicted octanol–water partition coefficient (Wildman–Crippen LogP) is 0.618. The summed E-state index contributed by atoms with van der Waals surface area (Å²) < 4.78 is 4.95. The molecule has 0 spiro atoms. The number of hydrogen-bond donors (Lipinski definition) is 2. The quantitative estimate of drug-likeness (QED) is 0.677. The van der Waals surface area contributed by atoms with Crippen LogP contribution in [0, 0.1) is 0 Å². The number of carbonyl (C=O) groups is 1. The number of aliphatic carboxylic acids is 1. The van der Waals surface area contributed by atoms with Crippen LogP contribution in [0.15, 0.2) is 0 Å². The van der Waals surface area contributed by atoms with Crippen LogP contribution in [0.1, 0.15) is 25.7 Å². The number of piperidine rings is 1. The zero-order chi connectivity index (χ0) is 9.68. The lowest BCUT2D eigenvalue weighted by molar-refractivity contribution is -0.140. The lowest BCUT2D eigenvalue weighted by Crippen LogP contribution is -2.47. The number of ether oxygens (including phenoxy) is 1. The van der Waals surface area contributed by atoms with Gasteiger partial charge in [0.1, 0.15) is 6.04 Å². The van der Waals surface area contributed by atoms with Crippen LogP contribution in [-0.2, 0) is 9.53 Å². The normalized spacial score (nSPS) is 28.7. The van der Waals surface area contributed by atoms with Crippen LogP contribution in [-0.4, -0.2) is 36.9 Å². The Hall–Kier alpha value is -0.610. The average Bonchev–Trinajstić information content (AvgIpc) is 2.15. The van der Waals surface area contributed by atoms with Crippen LogP contribution >= 0.6 is 0 Å². The first-order valence-corrected chi connectivity index (χ1v) is 4.72. The Bertz CT molecular complexity index is 172. The van der Waals surface area contributed by atoms with Gasteiger partial charge in [-0.2, -0.15) is 0 Å². The Morgan fingerprint density at radius 2 is 2.38 bits per heavy atom. The van der Waals surface area contributed by atoms with E-state index in [9.17, 15) is 4.79 Å². The van der Waals surface area contributed by atoms with E-state index in [2.05, 4.69) is 5.32 Å². The predicted molar refractivity (Wildman–Crippen MR) is 48.7 cm³/mol. The third kappa shape index (κ3) is 3.32. The van der Waals surface area contributed by atoms with Crippen molar-refractivity contribution in [3.63, 3.8) is 0 Å². The fraction of sp³-hybridized carbons (Fsp3) is 0.889. The zero-order valence-electron chi connectivity index (χ0n) is 7.95. The standard InChI is InChI=1S/C9H17NO3/c1-13-6-5-7-3-2-4-8(10-7)9(11)12/h7-8,10H,2-6H2,1H3,(H,11,12). The van der Waals surface area contributed by atoms with Crippen molar-refractivity contribution in [1.29, 1.82) is 0 Å². The van der Waals surface area contributed by atoms with E-state index in [4.69, 9.17) is 9.84 Å². The van der Waals surface area contributed by atoms with Crippen molar-refractivity contribution in [1.82, 2.24) is 5.32 Å². The Kier molecular flexibility index (Phi) is 4.18. The van der Waals surface area contributed by atoms with Crippen LogP contribution < -0.4 is 5.32 Å². The summed E-state index contributed by atoms with van der Waals surface area (Å²) in [6.45, 7) is 0.698. The molecule has 1 aliphatic rings. The highest BCUT2D eigenvalue weighted by atomic mass is 16.5. The van der Waals surface area contributed by atoms with E-state index in [-0.39, 0.29) is 6.04 Å². The summed E-state index contributed by atoms with van der Waals surface area (Å²) in [5.41, 5.74) is 0. The molecule has 0 saturated carbocycles. The summed E-state index contributed by atoms with van der Waals surface area (Å²) in [6.07, 6.45) is 3.71. The van der Waals surface area contributed by atoms with Gasteiger partial charge in [0.15, 0.2) is 0 Å². The molecule has 1 heterocycles. The SMILES string of the molecule is COCCC1CCCC(C(=O)O)N1. The molecule has 0 aromatic heterocycles. The van der Waals surface area contributed by atoms with Gasteiger partial charge >= 0.3 is 5.97 Å². The molecule has 0 aliphatic carbocycles. The first-order chi connectivity index (χ1) is 6.24. The van der Waals surface area contributed by atoms with Crippen LogP contribution in [0.25, 0.3) is 0 Å². The fourth-order valence-corrected chi connectivity index (χ4v) is 1.70. The number of rotatable bonds is 4. The van der Waals surface area contributed by atoms with Gasteiger partial charge in [0.05, 0.1) is 0 Å². The first kappa shape index (κ1) is 10.5. The lowest BCUT2D eigenvalue weighted by atomic mass is 9.97. The van der Waals surface area contributed by atoms with Gasteiger partial charge in [-0.05, 0) is 25.7 Å². The highest BCUT2D eigenvalue weighted by molar-refractivity contribution is 5.73. The van der Waals surface area contributed by atoms with E-state index in [0.29, 0.717) is 12.6 Å². The van der Waals surface area contributed by atoms with E-state index in [0.717, 1.165) is 25.7 Å². The second-order valence-corrected chi connectivity index (χ2v) is 3.47. The molecule has 2 unspecified atom stereocenters. The summed E-state index contributed by atoms with van der Waals surface area (Å²) in [7, 11) is 1.66. The number of methoxy groups -OCH3 is 1. The molecule has 2 N–H and O–H groups in total. The monoisotopic (exact) mass is 187 g/mol. The molecule has 1 fully saturated rings. The van der Waals surface area contributed by atoms with Crippen molar-refractivity contribution in [2.24, 2.45) is 0 Å². The lowest BCUT2D eigenvalue weighted by Gasteiger charge is -2.28. The summed E-state index contributed by atoms with van der Waals surface area (Å²) in [5, 5.41) is 11.9. The number of nitrogens with one attached hydrogen (secondary N) is 1. The van der Waals surface area contributed by atoms with Gasteiger partial charge in [0.25, 0.3) is 0 Å². The molecule has 76 valence electrons. The van der Waals surface area contributed by atoms with Crippen LogP contribution in [0.3, 0.4) is 0 Å². The number of carboxylic acids is 1. The molecule has 4 heteroatoms. The van der Waals surface area contributed by atoms with E-state index in [1.54, 1.807) is 7.11 Å². The van der Waals surface area contributed by atoms with Crippen LogP contribution in [0.2, 0.25) is 0 Å². The minimum atomic E-state index is -0.734. The second-order valence-electron chi connectivity index (χ2n) is 3.47. The van der Waals surface area contributed by atoms with Crippen molar-refractivity contribution in [3.05, 3.63) is 0 Å². The maximum atomic E-state index is 10.7. The van der Waals surface area contributed by atoms with Crippen molar-refractivity contribution < 1.29 is 14.6 Å². The van der Waals surface area contributed by atoms with Gasteiger partial charge in [-0.1, -0.05) is 0 Å². The highest BCUT2D eigenvalue weighted by Crippen LogP contribution is 2.15. The molecule has 13 heavy (non-hydrogen) atoms. The average molecular weight is 187 g/mol. The minimum absolute atomic E-state index is 0.315. The third-order valence-corrected chi connectivity index (χ3v) is 2.45. The van der Waals surface area contributed by atoms with Crippen molar-refractivity contribution >= 4 is 5.97 Å². The molecule has 1 saturated heterocycles. The minimum Gasteiger partial charge on any atom is -0.480 e. The molecule has 1 rings (SSSR count). The Morgan fingerprint density at radius 3 is 3.00 bits per heavy atom. The largest absolute Gasteiger partial charge is 0.480 e. The molecule has 0 aromatic rings. The highest BCUT2D eigenvalue weighted by Gasteiger charge is 2.25. The molecule has 0 amide bonds. The van der Waals surface area contributed by atoms with Gasteiger partial charge in [0.2, 0.25) is 0 Å². The first-order valence-electron chi connectivity index (χ1n) is 4.72. The Labute approximate surface area is 78.3 Å². The summed E-state index contributed by atoms with van der Waals surface area (Å²) >= 11 is 0. The molecule has 0 radical (unpaired) electrons. The number of carboxylic acid groups (broad SMARTS) is 1. The van der Waals surface area contributed by atoms with E-state index >= 15 is 0 Å². The third-order valence-electron chi connectivity index (χ3n) is 2.45. The zero-order valence-corrected chi connectivity index (χ0v) is 7.95. The molecule has 1 aliphatic heterocycles. The van der Waals surface area contributed by atoms with Crippen LogP contribution in [0.4, 0.5) is 0 Å². The molecule has 0 bridgehead atoms. The Balaban J connectivity index is 2.29. The molecule has 0 aromatic carbocycles. The smallest absolute Gasteiger partial charge is 0.320 e. The van der Waals surface area contributed by atoms with Gasteiger partial charge in [-0.3, -0.25) is 4.79 Å². The van der Waals surface area contributed by atoms with Crippen LogP contribution in [0.5, 0.6) is 0 Å². The fourth-order valence-electron chi connectivity index (χ4n) is 1.70. The van der Waals surface area contributed by atoms with Crippen molar-refractivity contribution in [2.75, 3.05) is 13.7 Å². The Morgan fingerprint density at radius 1 is 1.62 bits per heavy atom. The summed E-state index contributed by atoms with van der Waals surface area (Å²) in [4.78, 5) is 10.7. The molecule has 2 atom stereocenters. The van der Waals surface area contributed by atoms with E-state index < -0.39 is 5.97 Å². The van der Waals surface area contributed by atoms with Gasteiger partial charge in [0, 0.05) is 19.8 Å². The van der Waals surface area contributed by atoms with Gasteiger partial charge < -0.3 is 15.2 Å². The van der Waals surface area contributed by atoms with Gasteiger partial charge in [-0.15, -0.1) is 0 Å². The topological polar surface area (TPSA) is 58.6 Å². The molecule has 4 nitrogen and oxygen atoms in total. The maximum absolute atomic E-state index is 10.7. The molecular weight excluding hydrogens is 170 g/mol. The summed E-state index contributed by atoms with van der Waals surface area (Å²) in [6, 6.07) is -0.0367. The second kappa shape index (κ2) is 5.19. The van der Waals surface area contributed by atoms with Crippen molar-refractivity contribution in [2.45, 2.75) is 37.8 Å². The van der Waals surface area contributed by atoms with E-state index in [1.807, 2.05) is 0 Å². The van der Waals surface area contributed by atoms with E-state index in [1.165, 1.54) is 0 Å². The molecular formula is C9H17NO3. The number of hydrogen-bond acceptors (Lipinski definition) is 3.